The van der Waals surface area contributed by atoms with Gasteiger partial charge >= 0.3 is 5.97 Å². The number of hydrogen-bond donors (Lipinski definition) is 0. The number of para-hydroxylation sites is 1. The first-order valence-electron chi connectivity index (χ1n) is 10.8. The Morgan fingerprint density at radius 2 is 2.00 bits per heavy atom. The highest BCUT2D eigenvalue weighted by atomic mass is 32.2. The van der Waals surface area contributed by atoms with Crippen LogP contribution in [0, 0.1) is 0 Å². The second-order valence-corrected chi connectivity index (χ2v) is 8.76. The maximum absolute atomic E-state index is 11.8. The van der Waals surface area contributed by atoms with Gasteiger partial charge in [-0.3, -0.25) is 4.98 Å². The van der Waals surface area contributed by atoms with Crippen LogP contribution in [0.25, 0.3) is 22.3 Å². The van der Waals surface area contributed by atoms with Crippen LogP contribution < -0.4 is 0 Å². The molecule has 5 rings (SSSR count). The van der Waals surface area contributed by atoms with E-state index in [1.54, 1.807) is 17.8 Å². The van der Waals surface area contributed by atoms with Crippen LogP contribution in [0.5, 0.6) is 0 Å². The predicted octanol–water partition coefficient (Wildman–Crippen LogP) is 5.08. The number of nitrogens with zero attached hydrogens (tertiary/aromatic N) is 4. The third kappa shape index (κ3) is 3.66. The fourth-order valence-corrected chi connectivity index (χ4v) is 5.33. The molecule has 0 fully saturated rings. The summed E-state index contributed by atoms with van der Waals surface area (Å²) in [5.41, 5.74) is 6.30. The standard InChI is InChI=1S/C25H24N4O2S/c1-3-29-23(22-18-10-4-5-12-20(18)26-21-13-7-11-19(21)22)27-28-25(29)32-15-16-8-6-9-17(14-16)24(30)31-2/h4-6,8-10,12,14H,3,7,11,13,15H2,1-2H3. The fourth-order valence-electron chi connectivity index (χ4n) is 4.39. The Kier molecular flexibility index (Phi) is 5.66. The van der Waals surface area contributed by atoms with Crippen LogP contribution in [0.2, 0.25) is 0 Å². The molecule has 32 heavy (non-hydrogen) atoms. The summed E-state index contributed by atoms with van der Waals surface area (Å²) in [7, 11) is 1.40. The van der Waals surface area contributed by atoms with Gasteiger partial charge in [0.2, 0.25) is 0 Å². The molecule has 0 saturated carbocycles. The molecule has 1 aliphatic rings. The largest absolute Gasteiger partial charge is 0.465 e. The summed E-state index contributed by atoms with van der Waals surface area (Å²) in [6.45, 7) is 2.90. The van der Waals surface area contributed by atoms with Gasteiger partial charge < -0.3 is 9.30 Å². The van der Waals surface area contributed by atoms with Crippen molar-refractivity contribution in [3.05, 3.63) is 70.9 Å². The van der Waals surface area contributed by atoms with Gasteiger partial charge in [0.25, 0.3) is 0 Å². The van der Waals surface area contributed by atoms with Crippen molar-refractivity contribution in [2.24, 2.45) is 0 Å². The van der Waals surface area contributed by atoms with Gasteiger partial charge in [0.1, 0.15) is 0 Å². The summed E-state index contributed by atoms with van der Waals surface area (Å²) in [6, 6.07) is 15.8. The monoisotopic (exact) mass is 444 g/mol. The Bertz CT molecular complexity index is 1310. The van der Waals surface area contributed by atoms with Gasteiger partial charge in [-0.05, 0) is 55.5 Å². The maximum Gasteiger partial charge on any atom is 0.337 e. The summed E-state index contributed by atoms with van der Waals surface area (Å²) < 4.78 is 7.03. The number of thioether (sulfide) groups is 1. The van der Waals surface area contributed by atoms with E-state index in [1.165, 1.54) is 23.9 Å². The van der Waals surface area contributed by atoms with Crippen LogP contribution in [-0.2, 0) is 29.9 Å². The van der Waals surface area contributed by atoms with Gasteiger partial charge in [-0.25, -0.2) is 4.79 Å². The lowest BCUT2D eigenvalue weighted by Gasteiger charge is -2.13. The van der Waals surface area contributed by atoms with E-state index in [0.29, 0.717) is 11.3 Å². The Labute approximate surface area is 191 Å². The quantitative estimate of drug-likeness (QED) is 0.305. The number of fused-ring (bicyclic) bond motifs is 2. The molecule has 0 unspecified atom stereocenters. The van der Waals surface area contributed by atoms with Gasteiger partial charge in [-0.15, -0.1) is 10.2 Å². The van der Waals surface area contributed by atoms with E-state index in [4.69, 9.17) is 9.72 Å². The average molecular weight is 445 g/mol. The second kappa shape index (κ2) is 8.74. The summed E-state index contributed by atoms with van der Waals surface area (Å²) in [5, 5.41) is 11.2. The number of pyridine rings is 1. The van der Waals surface area contributed by atoms with Crippen molar-refractivity contribution in [3.8, 4) is 11.4 Å². The first-order valence-corrected chi connectivity index (χ1v) is 11.8. The lowest BCUT2D eigenvalue weighted by atomic mass is 10.0. The predicted molar refractivity (Wildman–Crippen MR) is 126 cm³/mol. The molecule has 2 aromatic heterocycles. The fraction of sp³-hybridized carbons (Fsp3) is 0.280. The van der Waals surface area contributed by atoms with E-state index in [2.05, 4.69) is 39.9 Å². The van der Waals surface area contributed by atoms with E-state index in [-0.39, 0.29) is 5.97 Å². The smallest absolute Gasteiger partial charge is 0.337 e. The molecule has 2 heterocycles. The number of benzene rings is 2. The van der Waals surface area contributed by atoms with Gasteiger partial charge in [0, 0.05) is 28.9 Å². The van der Waals surface area contributed by atoms with Crippen molar-refractivity contribution >= 4 is 28.6 Å². The number of aryl methyl sites for hydroxylation is 1. The highest BCUT2D eigenvalue weighted by Crippen LogP contribution is 2.37. The molecular weight excluding hydrogens is 420 g/mol. The molecule has 7 heteroatoms. The Balaban J connectivity index is 1.51. The summed E-state index contributed by atoms with van der Waals surface area (Å²) in [4.78, 5) is 16.7. The molecule has 162 valence electrons. The number of rotatable bonds is 6. The Morgan fingerprint density at radius 1 is 1.12 bits per heavy atom. The molecule has 6 nitrogen and oxygen atoms in total. The first kappa shape index (κ1) is 20.7. The van der Waals surface area contributed by atoms with Gasteiger partial charge in [0.05, 0.1) is 18.2 Å². The number of hydrogen-bond acceptors (Lipinski definition) is 6. The summed E-state index contributed by atoms with van der Waals surface area (Å²) in [6.07, 6.45) is 3.18. The molecule has 0 atom stereocenters. The minimum Gasteiger partial charge on any atom is -0.465 e. The molecule has 1 aliphatic carbocycles. The van der Waals surface area contributed by atoms with Crippen molar-refractivity contribution in [2.45, 2.75) is 43.6 Å². The van der Waals surface area contributed by atoms with Crippen LogP contribution in [0.3, 0.4) is 0 Å². The molecule has 0 radical (unpaired) electrons. The number of aromatic nitrogens is 4. The van der Waals surface area contributed by atoms with E-state index >= 15 is 0 Å². The topological polar surface area (TPSA) is 69.9 Å². The van der Waals surface area contributed by atoms with E-state index in [9.17, 15) is 4.79 Å². The lowest BCUT2D eigenvalue weighted by Crippen LogP contribution is -2.04. The van der Waals surface area contributed by atoms with Gasteiger partial charge in [0.15, 0.2) is 11.0 Å². The minimum absolute atomic E-state index is 0.325. The molecule has 2 aromatic carbocycles. The van der Waals surface area contributed by atoms with Crippen LogP contribution in [0.1, 0.15) is 40.5 Å². The average Bonchev–Trinajstić information content (AvgIpc) is 3.47. The van der Waals surface area contributed by atoms with Crippen molar-refractivity contribution < 1.29 is 9.53 Å². The zero-order chi connectivity index (χ0) is 22.1. The van der Waals surface area contributed by atoms with E-state index < -0.39 is 0 Å². The third-order valence-corrected chi connectivity index (χ3v) is 6.93. The van der Waals surface area contributed by atoms with Crippen molar-refractivity contribution in [2.75, 3.05) is 7.11 Å². The van der Waals surface area contributed by atoms with Crippen molar-refractivity contribution in [1.82, 2.24) is 19.7 Å². The third-order valence-electron chi connectivity index (χ3n) is 5.89. The van der Waals surface area contributed by atoms with Crippen LogP contribution >= 0.6 is 11.8 Å². The van der Waals surface area contributed by atoms with E-state index in [1.807, 2.05) is 24.3 Å². The normalized spacial score (nSPS) is 12.8. The number of methoxy groups -OCH3 is 1. The lowest BCUT2D eigenvalue weighted by molar-refractivity contribution is 0.0600. The SMILES string of the molecule is CCn1c(SCc2cccc(C(=O)OC)c2)nnc1-c1c2c(nc3ccccc13)CCC2. The highest BCUT2D eigenvalue weighted by Gasteiger charge is 2.24. The van der Waals surface area contributed by atoms with Crippen molar-refractivity contribution in [3.63, 3.8) is 0 Å². The molecule has 0 saturated heterocycles. The molecule has 0 bridgehead atoms. The number of carbonyl (C=O) groups is 1. The van der Waals surface area contributed by atoms with Crippen molar-refractivity contribution in [1.29, 1.82) is 0 Å². The molecule has 0 N–H and O–H groups in total. The van der Waals surface area contributed by atoms with Gasteiger partial charge in [-0.2, -0.15) is 0 Å². The number of esters is 1. The zero-order valence-corrected chi connectivity index (χ0v) is 19.0. The van der Waals surface area contributed by atoms with Crippen LogP contribution in [-0.4, -0.2) is 32.8 Å². The maximum atomic E-state index is 11.8. The molecule has 4 aromatic rings. The second-order valence-electron chi connectivity index (χ2n) is 7.81. The van der Waals surface area contributed by atoms with Crippen LogP contribution in [0.4, 0.5) is 0 Å². The zero-order valence-electron chi connectivity index (χ0n) is 18.2. The van der Waals surface area contributed by atoms with Gasteiger partial charge in [-0.1, -0.05) is 42.1 Å². The molecule has 0 amide bonds. The summed E-state index contributed by atoms with van der Waals surface area (Å²) in [5.74, 6) is 1.28. The summed E-state index contributed by atoms with van der Waals surface area (Å²) >= 11 is 1.63. The van der Waals surface area contributed by atoms with Crippen LogP contribution in [0.15, 0.2) is 53.7 Å². The molecular formula is C25H24N4O2S. The Hall–Kier alpha value is -3.19. The minimum atomic E-state index is -0.325. The highest BCUT2D eigenvalue weighted by molar-refractivity contribution is 7.98. The van der Waals surface area contributed by atoms with E-state index in [0.717, 1.165) is 53.3 Å². The number of ether oxygens (including phenoxy) is 1. The molecule has 0 spiro atoms. The Morgan fingerprint density at radius 3 is 2.84 bits per heavy atom. The first-order chi connectivity index (χ1) is 15.7. The number of carbonyl (C=O) groups excluding carboxylic acids is 1. The molecule has 0 aliphatic heterocycles.